The second-order valence-electron chi connectivity index (χ2n) is 8.44. The third kappa shape index (κ3) is 3.77. The summed E-state index contributed by atoms with van der Waals surface area (Å²) in [6.07, 6.45) is 5.33. The number of aromatic nitrogens is 3. The first-order valence-electron chi connectivity index (χ1n) is 10.2. The number of carbonyl (C=O) groups is 1. The first kappa shape index (κ1) is 19.3. The normalized spacial score (nSPS) is 25.6. The average Bonchev–Trinajstić information content (AvgIpc) is 3.39. The van der Waals surface area contributed by atoms with Crippen LogP contribution < -0.4 is 11.2 Å². The van der Waals surface area contributed by atoms with Crippen molar-refractivity contribution in [2.45, 2.75) is 62.9 Å². The highest BCUT2D eigenvalue weighted by Crippen LogP contribution is 2.49. The van der Waals surface area contributed by atoms with E-state index in [1.54, 1.807) is 0 Å². The maximum atomic E-state index is 12.7. The fourth-order valence-corrected chi connectivity index (χ4v) is 5.60. The molecule has 2 aromatic rings. The molecule has 1 heterocycles. The molecule has 4 rings (SSSR count). The largest absolute Gasteiger partial charge is 0.352 e. The fraction of sp³-hybridized carbons (Fsp3) is 0.571. The van der Waals surface area contributed by atoms with Crippen molar-refractivity contribution in [1.82, 2.24) is 20.2 Å². The number of carbonyl (C=O) groups excluding carboxylic acids is 1. The monoisotopic (exact) mass is 399 g/mol. The van der Waals surface area contributed by atoms with Gasteiger partial charge < -0.3 is 11.2 Å². The van der Waals surface area contributed by atoms with Gasteiger partial charge in [-0.2, -0.15) is 0 Å². The number of nitrogens with one attached hydrogen (secondary N) is 1. The zero-order chi connectivity index (χ0) is 19.8. The molecule has 0 aliphatic heterocycles. The molecule has 5 unspecified atom stereocenters. The number of nitrogen functional groups attached to an aromatic ring is 1. The third-order valence-corrected chi connectivity index (χ3v) is 7.49. The summed E-state index contributed by atoms with van der Waals surface area (Å²) in [7, 11) is 0. The molecule has 2 fully saturated rings. The molecule has 1 aromatic heterocycles. The minimum absolute atomic E-state index is 0.0418. The summed E-state index contributed by atoms with van der Waals surface area (Å²) in [5, 5.41) is 11.9. The number of rotatable bonds is 6. The molecule has 6 nitrogen and oxygen atoms in total. The Hall–Kier alpha value is -2.02. The predicted octanol–water partition coefficient (Wildman–Crippen LogP) is 3.39. The first-order chi connectivity index (χ1) is 13.4. The van der Waals surface area contributed by atoms with Gasteiger partial charge >= 0.3 is 0 Å². The van der Waals surface area contributed by atoms with Crippen molar-refractivity contribution in [3.8, 4) is 11.4 Å². The van der Waals surface area contributed by atoms with E-state index >= 15 is 0 Å². The molecule has 0 spiro atoms. The molecule has 0 radical (unpaired) electrons. The number of hydrogen-bond donors (Lipinski definition) is 2. The number of hydrogen-bond acceptors (Lipinski definition) is 5. The van der Waals surface area contributed by atoms with Crippen molar-refractivity contribution in [2.75, 3.05) is 5.84 Å². The van der Waals surface area contributed by atoms with E-state index in [1.807, 2.05) is 38.1 Å². The van der Waals surface area contributed by atoms with Gasteiger partial charge in [0.05, 0.1) is 5.25 Å². The van der Waals surface area contributed by atoms with Crippen LogP contribution >= 0.6 is 11.8 Å². The van der Waals surface area contributed by atoms with E-state index in [0.29, 0.717) is 16.9 Å². The second kappa shape index (κ2) is 7.78. The Bertz CT molecular complexity index is 849. The van der Waals surface area contributed by atoms with E-state index < -0.39 is 0 Å². The molecule has 2 aliphatic rings. The quantitative estimate of drug-likeness (QED) is 0.574. The number of amides is 1. The summed E-state index contributed by atoms with van der Waals surface area (Å²) < 4.78 is 1.47. The number of aryl methyl sites for hydroxylation is 1. The van der Waals surface area contributed by atoms with Crippen LogP contribution in [0.3, 0.4) is 0 Å². The molecule has 0 saturated heterocycles. The van der Waals surface area contributed by atoms with E-state index in [0.717, 1.165) is 17.4 Å². The topological polar surface area (TPSA) is 85.8 Å². The summed E-state index contributed by atoms with van der Waals surface area (Å²) >= 11 is 1.35. The zero-order valence-corrected chi connectivity index (χ0v) is 17.6. The van der Waals surface area contributed by atoms with Gasteiger partial charge in [0.15, 0.2) is 5.82 Å². The van der Waals surface area contributed by atoms with Gasteiger partial charge in [0, 0.05) is 11.6 Å². The molecule has 150 valence electrons. The maximum absolute atomic E-state index is 12.7. The van der Waals surface area contributed by atoms with Gasteiger partial charge in [-0.1, -0.05) is 48.0 Å². The lowest BCUT2D eigenvalue weighted by atomic mass is 9.84. The standard InChI is InChI=1S/C21H29N5OS/c1-12-4-7-16(8-5-12)19-24-25-21(26(19)22)28-14(3)20(27)23-13(2)18-11-15-6-9-17(18)10-15/h4-5,7-8,13-15,17-18H,6,9-11,22H2,1-3H3,(H,23,27). The van der Waals surface area contributed by atoms with E-state index in [9.17, 15) is 4.79 Å². The minimum Gasteiger partial charge on any atom is -0.352 e. The van der Waals surface area contributed by atoms with Crippen LogP contribution in [0.1, 0.15) is 45.1 Å². The number of thioether (sulfide) groups is 1. The number of nitrogens with two attached hydrogens (primary N) is 1. The molecular weight excluding hydrogens is 370 g/mol. The molecule has 2 saturated carbocycles. The highest BCUT2D eigenvalue weighted by atomic mass is 32.2. The van der Waals surface area contributed by atoms with Gasteiger partial charge in [-0.05, 0) is 57.8 Å². The molecule has 1 aromatic carbocycles. The van der Waals surface area contributed by atoms with Gasteiger partial charge in [0.25, 0.3) is 0 Å². The van der Waals surface area contributed by atoms with Crippen LogP contribution in [0.25, 0.3) is 11.4 Å². The fourth-order valence-electron chi connectivity index (χ4n) is 4.82. The molecule has 5 atom stereocenters. The SMILES string of the molecule is Cc1ccc(-c2nnc(SC(C)C(=O)NC(C)C3CC4CCC3C4)n2N)cc1. The van der Waals surface area contributed by atoms with Crippen LogP contribution in [0.5, 0.6) is 0 Å². The summed E-state index contributed by atoms with van der Waals surface area (Å²) in [6.45, 7) is 6.09. The average molecular weight is 400 g/mol. The maximum Gasteiger partial charge on any atom is 0.233 e. The van der Waals surface area contributed by atoms with Crippen LogP contribution in [-0.4, -0.2) is 32.1 Å². The van der Waals surface area contributed by atoms with Crippen molar-refractivity contribution in [1.29, 1.82) is 0 Å². The lowest BCUT2D eigenvalue weighted by Crippen LogP contribution is -2.43. The predicted molar refractivity (Wildman–Crippen MR) is 112 cm³/mol. The van der Waals surface area contributed by atoms with E-state index in [-0.39, 0.29) is 17.2 Å². The van der Waals surface area contributed by atoms with Gasteiger partial charge in [-0.25, -0.2) is 4.68 Å². The van der Waals surface area contributed by atoms with E-state index in [4.69, 9.17) is 5.84 Å². The highest BCUT2D eigenvalue weighted by Gasteiger charge is 2.42. The van der Waals surface area contributed by atoms with Crippen molar-refractivity contribution in [3.05, 3.63) is 29.8 Å². The summed E-state index contributed by atoms with van der Waals surface area (Å²) in [6, 6.07) is 8.22. The highest BCUT2D eigenvalue weighted by molar-refractivity contribution is 8.00. The Balaban J connectivity index is 1.37. The molecule has 1 amide bonds. The molecule has 2 aliphatic carbocycles. The Kier molecular flexibility index (Phi) is 5.36. The zero-order valence-electron chi connectivity index (χ0n) is 16.8. The Morgan fingerprint density at radius 1 is 1.21 bits per heavy atom. The van der Waals surface area contributed by atoms with Crippen molar-refractivity contribution < 1.29 is 4.79 Å². The lowest BCUT2D eigenvalue weighted by Gasteiger charge is -2.29. The van der Waals surface area contributed by atoms with Gasteiger partial charge in [-0.3, -0.25) is 4.79 Å². The molecular formula is C21H29N5OS. The van der Waals surface area contributed by atoms with Crippen LogP contribution in [-0.2, 0) is 4.79 Å². The van der Waals surface area contributed by atoms with E-state index in [1.165, 1.54) is 47.7 Å². The summed E-state index contributed by atoms with van der Waals surface area (Å²) in [5.41, 5.74) is 2.09. The van der Waals surface area contributed by atoms with Crippen molar-refractivity contribution in [3.63, 3.8) is 0 Å². The molecule has 28 heavy (non-hydrogen) atoms. The van der Waals surface area contributed by atoms with Crippen LogP contribution in [0.2, 0.25) is 0 Å². The second-order valence-corrected chi connectivity index (χ2v) is 9.75. The smallest absolute Gasteiger partial charge is 0.233 e. The first-order valence-corrected chi connectivity index (χ1v) is 11.0. The molecule has 3 N–H and O–H groups in total. The number of nitrogens with zero attached hydrogens (tertiary/aromatic N) is 3. The summed E-state index contributed by atoms with van der Waals surface area (Å²) in [5.74, 6) is 9.16. The van der Waals surface area contributed by atoms with Crippen LogP contribution in [0.4, 0.5) is 0 Å². The van der Waals surface area contributed by atoms with Crippen molar-refractivity contribution >= 4 is 17.7 Å². The third-order valence-electron chi connectivity index (χ3n) is 6.43. The molecule has 7 heteroatoms. The lowest BCUT2D eigenvalue weighted by molar-refractivity contribution is -0.121. The Morgan fingerprint density at radius 2 is 1.96 bits per heavy atom. The Labute approximate surface area is 170 Å². The minimum atomic E-state index is -0.279. The van der Waals surface area contributed by atoms with Crippen LogP contribution in [0.15, 0.2) is 29.4 Å². The van der Waals surface area contributed by atoms with Gasteiger partial charge in [0.2, 0.25) is 11.1 Å². The summed E-state index contributed by atoms with van der Waals surface area (Å²) in [4.78, 5) is 12.7. The van der Waals surface area contributed by atoms with E-state index in [2.05, 4.69) is 22.4 Å². The van der Waals surface area contributed by atoms with Gasteiger partial charge in [0.1, 0.15) is 0 Å². The van der Waals surface area contributed by atoms with Crippen LogP contribution in [0, 0.1) is 24.7 Å². The number of fused-ring (bicyclic) bond motifs is 2. The van der Waals surface area contributed by atoms with Crippen molar-refractivity contribution in [2.24, 2.45) is 17.8 Å². The number of benzene rings is 1. The molecule has 2 bridgehead atoms. The Morgan fingerprint density at radius 3 is 2.61 bits per heavy atom. The van der Waals surface area contributed by atoms with Gasteiger partial charge in [-0.15, -0.1) is 10.2 Å².